The summed E-state index contributed by atoms with van der Waals surface area (Å²) in [5.74, 6) is -0.393. The first kappa shape index (κ1) is 12.6. The normalized spacial score (nSPS) is 13.2. The standard InChI is InChI=1S/C11H15BrFNO/c1-7(2)14-6-10(15)8-4-3-5-9(12)11(8)13/h3-5,7,10,14-15H,6H2,1-2H3. The zero-order valence-electron chi connectivity index (χ0n) is 8.80. The Morgan fingerprint density at radius 3 is 2.73 bits per heavy atom. The largest absolute Gasteiger partial charge is 0.387 e. The minimum Gasteiger partial charge on any atom is -0.387 e. The minimum atomic E-state index is -0.815. The molecule has 2 N–H and O–H groups in total. The summed E-state index contributed by atoms with van der Waals surface area (Å²) in [7, 11) is 0. The molecule has 0 aliphatic rings. The van der Waals surface area contributed by atoms with Crippen molar-refractivity contribution in [2.45, 2.75) is 26.0 Å². The fourth-order valence-electron chi connectivity index (χ4n) is 1.24. The van der Waals surface area contributed by atoms with Gasteiger partial charge in [0.2, 0.25) is 0 Å². The lowest BCUT2D eigenvalue weighted by Gasteiger charge is -2.15. The van der Waals surface area contributed by atoms with Gasteiger partial charge in [0, 0.05) is 18.2 Å². The molecular weight excluding hydrogens is 261 g/mol. The van der Waals surface area contributed by atoms with Gasteiger partial charge < -0.3 is 10.4 Å². The quantitative estimate of drug-likeness (QED) is 0.886. The zero-order valence-corrected chi connectivity index (χ0v) is 10.4. The highest BCUT2D eigenvalue weighted by Gasteiger charge is 2.14. The lowest BCUT2D eigenvalue weighted by Crippen LogP contribution is -2.28. The van der Waals surface area contributed by atoms with Gasteiger partial charge in [-0.05, 0) is 22.0 Å². The molecule has 2 nitrogen and oxygen atoms in total. The van der Waals surface area contributed by atoms with Gasteiger partial charge in [-0.1, -0.05) is 26.0 Å². The summed E-state index contributed by atoms with van der Waals surface area (Å²) in [5.41, 5.74) is 0.317. The maximum atomic E-state index is 13.5. The molecule has 0 radical (unpaired) electrons. The van der Waals surface area contributed by atoms with E-state index in [-0.39, 0.29) is 6.04 Å². The van der Waals surface area contributed by atoms with Gasteiger partial charge in [-0.25, -0.2) is 4.39 Å². The molecule has 84 valence electrons. The van der Waals surface area contributed by atoms with Crippen molar-refractivity contribution in [2.24, 2.45) is 0 Å². The van der Waals surface area contributed by atoms with Crippen molar-refractivity contribution in [3.63, 3.8) is 0 Å². The number of hydrogen-bond donors (Lipinski definition) is 2. The summed E-state index contributed by atoms with van der Waals surface area (Å²) in [6, 6.07) is 5.19. The monoisotopic (exact) mass is 275 g/mol. The average Bonchev–Trinajstić information content (AvgIpc) is 2.18. The van der Waals surface area contributed by atoms with Crippen LogP contribution < -0.4 is 5.32 Å². The summed E-state index contributed by atoms with van der Waals surface area (Å²) in [6.07, 6.45) is -0.815. The molecular formula is C11H15BrFNO. The van der Waals surface area contributed by atoms with E-state index in [0.29, 0.717) is 16.6 Å². The molecule has 1 rings (SSSR count). The predicted octanol–water partition coefficient (Wildman–Crippen LogP) is 2.62. The van der Waals surface area contributed by atoms with Gasteiger partial charge >= 0.3 is 0 Å². The Hall–Kier alpha value is -0.450. The van der Waals surface area contributed by atoms with E-state index in [2.05, 4.69) is 21.2 Å². The van der Waals surface area contributed by atoms with Gasteiger partial charge in [0.25, 0.3) is 0 Å². The number of aliphatic hydroxyl groups is 1. The fourth-order valence-corrected chi connectivity index (χ4v) is 1.62. The summed E-state index contributed by atoms with van der Waals surface area (Å²) in [5, 5.41) is 12.8. The van der Waals surface area contributed by atoms with E-state index in [1.807, 2.05) is 13.8 Å². The molecule has 1 atom stereocenters. The second kappa shape index (κ2) is 5.58. The third-order valence-electron chi connectivity index (χ3n) is 2.06. The van der Waals surface area contributed by atoms with E-state index in [0.717, 1.165) is 0 Å². The Morgan fingerprint density at radius 2 is 2.13 bits per heavy atom. The molecule has 0 amide bonds. The van der Waals surface area contributed by atoms with Gasteiger partial charge in [0.1, 0.15) is 5.82 Å². The molecule has 0 bridgehead atoms. The molecule has 0 aliphatic carbocycles. The molecule has 4 heteroatoms. The number of rotatable bonds is 4. The molecule has 0 fully saturated rings. The Bertz CT molecular complexity index is 330. The first-order chi connectivity index (χ1) is 7.02. The van der Waals surface area contributed by atoms with Gasteiger partial charge in [0.15, 0.2) is 0 Å². The topological polar surface area (TPSA) is 32.3 Å². The van der Waals surface area contributed by atoms with Crippen LogP contribution in [0.2, 0.25) is 0 Å². The van der Waals surface area contributed by atoms with Gasteiger partial charge in [-0.3, -0.25) is 0 Å². The molecule has 1 unspecified atom stereocenters. The van der Waals surface area contributed by atoms with Gasteiger partial charge in [-0.15, -0.1) is 0 Å². The summed E-state index contributed by atoms with van der Waals surface area (Å²) in [6.45, 7) is 4.30. The second-order valence-electron chi connectivity index (χ2n) is 3.72. The summed E-state index contributed by atoms with van der Waals surface area (Å²) < 4.78 is 13.9. The van der Waals surface area contributed by atoms with Crippen molar-refractivity contribution in [1.29, 1.82) is 0 Å². The van der Waals surface area contributed by atoms with Crippen molar-refractivity contribution in [1.82, 2.24) is 5.32 Å². The molecule has 0 saturated heterocycles. The van der Waals surface area contributed by atoms with Crippen LogP contribution in [0.1, 0.15) is 25.5 Å². The third-order valence-corrected chi connectivity index (χ3v) is 2.67. The van der Waals surface area contributed by atoms with Crippen LogP contribution in [0.25, 0.3) is 0 Å². The first-order valence-electron chi connectivity index (χ1n) is 4.87. The third kappa shape index (κ3) is 3.55. The van der Waals surface area contributed by atoms with Crippen LogP contribution in [0, 0.1) is 5.82 Å². The molecule has 1 aromatic carbocycles. The van der Waals surface area contributed by atoms with Crippen LogP contribution in [-0.4, -0.2) is 17.7 Å². The van der Waals surface area contributed by atoms with E-state index >= 15 is 0 Å². The maximum Gasteiger partial charge on any atom is 0.143 e. The van der Waals surface area contributed by atoms with Gasteiger partial charge in [0.05, 0.1) is 10.6 Å². The smallest absolute Gasteiger partial charge is 0.143 e. The highest BCUT2D eigenvalue weighted by Crippen LogP contribution is 2.23. The van der Waals surface area contributed by atoms with Crippen LogP contribution in [0.4, 0.5) is 4.39 Å². The average molecular weight is 276 g/mol. The van der Waals surface area contributed by atoms with E-state index in [4.69, 9.17) is 0 Å². The van der Waals surface area contributed by atoms with E-state index in [1.54, 1.807) is 18.2 Å². The van der Waals surface area contributed by atoms with Gasteiger partial charge in [-0.2, -0.15) is 0 Å². The van der Waals surface area contributed by atoms with E-state index < -0.39 is 11.9 Å². The highest BCUT2D eigenvalue weighted by molar-refractivity contribution is 9.10. The summed E-state index contributed by atoms with van der Waals surface area (Å²) >= 11 is 3.09. The Kier molecular flexibility index (Phi) is 4.70. The van der Waals surface area contributed by atoms with Crippen LogP contribution >= 0.6 is 15.9 Å². The maximum absolute atomic E-state index is 13.5. The van der Waals surface area contributed by atoms with Crippen LogP contribution in [-0.2, 0) is 0 Å². The molecule has 0 aromatic heterocycles. The Balaban J connectivity index is 2.73. The fraction of sp³-hybridized carbons (Fsp3) is 0.455. The second-order valence-corrected chi connectivity index (χ2v) is 4.58. The number of aliphatic hydroxyl groups excluding tert-OH is 1. The minimum absolute atomic E-state index is 0.273. The molecule has 15 heavy (non-hydrogen) atoms. The Morgan fingerprint density at radius 1 is 1.47 bits per heavy atom. The predicted molar refractivity (Wildman–Crippen MR) is 62.2 cm³/mol. The van der Waals surface area contributed by atoms with Crippen LogP contribution in [0.3, 0.4) is 0 Å². The molecule has 0 saturated carbocycles. The number of halogens is 2. The summed E-state index contributed by atoms with van der Waals surface area (Å²) in [4.78, 5) is 0. The zero-order chi connectivity index (χ0) is 11.4. The van der Waals surface area contributed by atoms with Crippen molar-refractivity contribution in [3.8, 4) is 0 Å². The van der Waals surface area contributed by atoms with E-state index in [1.165, 1.54) is 0 Å². The number of hydrogen-bond acceptors (Lipinski definition) is 2. The molecule has 0 aliphatic heterocycles. The van der Waals surface area contributed by atoms with Crippen LogP contribution in [0.15, 0.2) is 22.7 Å². The van der Waals surface area contributed by atoms with Crippen molar-refractivity contribution in [2.75, 3.05) is 6.54 Å². The molecule has 0 spiro atoms. The van der Waals surface area contributed by atoms with Crippen molar-refractivity contribution >= 4 is 15.9 Å². The lowest BCUT2D eigenvalue weighted by molar-refractivity contribution is 0.167. The van der Waals surface area contributed by atoms with E-state index in [9.17, 15) is 9.50 Å². The highest BCUT2D eigenvalue weighted by atomic mass is 79.9. The van der Waals surface area contributed by atoms with Crippen molar-refractivity contribution < 1.29 is 9.50 Å². The lowest BCUT2D eigenvalue weighted by atomic mass is 10.1. The molecule has 0 heterocycles. The Labute approximate surface area is 97.6 Å². The number of benzene rings is 1. The number of nitrogens with one attached hydrogen (secondary N) is 1. The molecule has 1 aromatic rings. The SMILES string of the molecule is CC(C)NCC(O)c1cccc(Br)c1F. The van der Waals surface area contributed by atoms with Crippen LogP contribution in [0.5, 0.6) is 0 Å². The van der Waals surface area contributed by atoms with Crippen molar-refractivity contribution in [3.05, 3.63) is 34.1 Å². The first-order valence-corrected chi connectivity index (χ1v) is 5.67.